The number of aryl methyl sites for hydroxylation is 2. The van der Waals surface area contributed by atoms with E-state index in [-0.39, 0.29) is 13.0 Å². The summed E-state index contributed by atoms with van der Waals surface area (Å²) in [5.74, 6) is 0. The highest BCUT2D eigenvalue weighted by Gasteiger charge is 2.15. The first kappa shape index (κ1) is 15.3. The third kappa shape index (κ3) is 4.51. The molecule has 1 N–H and O–H groups in total. The largest absolute Gasteiger partial charge is 0.393 e. The maximum Gasteiger partial charge on any atom is 0.261 e. The molecule has 0 aromatic carbocycles. The Kier molecular flexibility index (Phi) is 5.98. The summed E-state index contributed by atoms with van der Waals surface area (Å²) in [7, 11) is 1.74. The number of halogens is 3. The van der Waals surface area contributed by atoms with Gasteiger partial charge in [0.25, 0.3) is 6.43 Å². The Morgan fingerprint density at radius 1 is 1.50 bits per heavy atom. The number of hydrogen-bond acceptors (Lipinski definition) is 3. The maximum absolute atomic E-state index is 11.8. The molecule has 104 valence electrons. The molecule has 0 aliphatic rings. The van der Waals surface area contributed by atoms with Gasteiger partial charge >= 0.3 is 0 Å². The number of hydrogen-bond donors (Lipinski definition) is 1. The lowest BCUT2D eigenvalue weighted by Gasteiger charge is -2.11. The maximum atomic E-state index is 11.8. The van der Waals surface area contributed by atoms with Crippen molar-refractivity contribution in [2.24, 2.45) is 7.05 Å². The van der Waals surface area contributed by atoms with Crippen molar-refractivity contribution in [3.8, 4) is 0 Å². The van der Waals surface area contributed by atoms with E-state index in [0.29, 0.717) is 17.1 Å². The Hall–Kier alpha value is -0.720. The number of nitrogens with zero attached hydrogens (tertiary/aromatic N) is 2. The molecule has 1 rings (SSSR count). The minimum Gasteiger partial charge on any atom is -0.393 e. The van der Waals surface area contributed by atoms with Gasteiger partial charge in [0.1, 0.15) is 6.61 Å². The van der Waals surface area contributed by atoms with Gasteiger partial charge in [-0.15, -0.1) is 0 Å². The quantitative estimate of drug-likeness (QED) is 0.778. The predicted octanol–water partition coefficient (Wildman–Crippen LogP) is 1.96. The van der Waals surface area contributed by atoms with E-state index in [0.717, 1.165) is 5.69 Å². The van der Waals surface area contributed by atoms with Crippen LogP contribution in [0.5, 0.6) is 0 Å². The highest BCUT2D eigenvalue weighted by molar-refractivity contribution is 6.31. The molecular weight excluding hydrogens is 266 g/mol. The summed E-state index contributed by atoms with van der Waals surface area (Å²) >= 11 is 6.04. The lowest BCUT2D eigenvalue weighted by atomic mass is 10.1. The lowest BCUT2D eigenvalue weighted by Crippen LogP contribution is -2.17. The molecule has 0 bridgehead atoms. The summed E-state index contributed by atoms with van der Waals surface area (Å²) in [6.07, 6.45) is -2.55. The van der Waals surface area contributed by atoms with E-state index in [2.05, 4.69) is 5.10 Å². The van der Waals surface area contributed by atoms with Gasteiger partial charge in [-0.25, -0.2) is 8.78 Å². The van der Waals surface area contributed by atoms with Crippen LogP contribution in [0.4, 0.5) is 8.78 Å². The number of rotatable bonds is 7. The highest BCUT2D eigenvalue weighted by atomic mass is 35.5. The third-order valence-electron chi connectivity index (χ3n) is 2.53. The predicted molar refractivity (Wildman–Crippen MR) is 64.1 cm³/mol. The summed E-state index contributed by atoms with van der Waals surface area (Å²) < 4.78 is 29.9. The number of ether oxygens (including phenoxy) is 1. The molecule has 1 heterocycles. The molecule has 7 heteroatoms. The van der Waals surface area contributed by atoms with Crippen molar-refractivity contribution in [3.05, 3.63) is 16.4 Å². The molecule has 18 heavy (non-hydrogen) atoms. The minimum atomic E-state index is -2.48. The van der Waals surface area contributed by atoms with Gasteiger partial charge in [-0.05, 0) is 13.3 Å². The van der Waals surface area contributed by atoms with Crippen LogP contribution in [0, 0.1) is 6.92 Å². The molecule has 1 aromatic heterocycles. The molecule has 0 saturated carbocycles. The summed E-state index contributed by atoms with van der Waals surface area (Å²) in [5, 5.41) is 14.4. The summed E-state index contributed by atoms with van der Waals surface area (Å²) in [6, 6.07) is 0. The van der Waals surface area contributed by atoms with Crippen molar-refractivity contribution >= 4 is 11.6 Å². The lowest BCUT2D eigenvalue weighted by molar-refractivity contribution is 0.00497. The number of aliphatic hydroxyl groups is 1. The Balaban J connectivity index is 2.38. The normalized spacial score (nSPS) is 13.3. The van der Waals surface area contributed by atoms with E-state index in [1.807, 2.05) is 0 Å². The molecule has 1 aromatic rings. The fourth-order valence-electron chi connectivity index (χ4n) is 1.62. The molecule has 0 spiro atoms. The zero-order chi connectivity index (χ0) is 13.7. The van der Waals surface area contributed by atoms with Crippen molar-refractivity contribution < 1.29 is 18.6 Å². The van der Waals surface area contributed by atoms with E-state index in [9.17, 15) is 13.9 Å². The van der Waals surface area contributed by atoms with Gasteiger partial charge in [0.15, 0.2) is 0 Å². The average Bonchev–Trinajstić information content (AvgIpc) is 2.51. The molecule has 0 radical (unpaired) electrons. The average molecular weight is 283 g/mol. The second kappa shape index (κ2) is 7.01. The summed E-state index contributed by atoms with van der Waals surface area (Å²) in [5.41, 5.74) is 1.44. The van der Waals surface area contributed by atoms with Crippen LogP contribution in [-0.2, 0) is 18.2 Å². The van der Waals surface area contributed by atoms with Crippen molar-refractivity contribution in [3.63, 3.8) is 0 Å². The molecule has 1 unspecified atom stereocenters. The number of alkyl halides is 2. The van der Waals surface area contributed by atoms with Crippen LogP contribution < -0.4 is 0 Å². The van der Waals surface area contributed by atoms with Gasteiger partial charge < -0.3 is 9.84 Å². The second-order valence-corrected chi connectivity index (χ2v) is 4.46. The molecule has 0 amide bonds. The van der Waals surface area contributed by atoms with E-state index in [1.165, 1.54) is 0 Å². The van der Waals surface area contributed by atoms with Crippen molar-refractivity contribution in [2.75, 3.05) is 13.2 Å². The first-order valence-corrected chi connectivity index (χ1v) is 6.01. The molecule has 1 atom stereocenters. The van der Waals surface area contributed by atoms with Crippen molar-refractivity contribution in [1.82, 2.24) is 9.78 Å². The third-order valence-corrected chi connectivity index (χ3v) is 3.02. The van der Waals surface area contributed by atoms with Crippen LogP contribution in [-0.4, -0.2) is 40.6 Å². The van der Waals surface area contributed by atoms with Crippen molar-refractivity contribution in [1.29, 1.82) is 0 Å². The van der Waals surface area contributed by atoms with Crippen molar-refractivity contribution in [2.45, 2.75) is 32.3 Å². The Bertz CT molecular complexity index is 385. The Morgan fingerprint density at radius 3 is 2.67 bits per heavy atom. The Labute approximate surface area is 110 Å². The number of aromatic nitrogens is 2. The Morgan fingerprint density at radius 2 is 2.17 bits per heavy atom. The summed E-state index contributed by atoms with van der Waals surface area (Å²) in [4.78, 5) is 0. The van der Waals surface area contributed by atoms with Crippen LogP contribution >= 0.6 is 11.6 Å². The van der Waals surface area contributed by atoms with Crippen LogP contribution in [0.3, 0.4) is 0 Å². The van der Waals surface area contributed by atoms with E-state index < -0.39 is 19.1 Å². The van der Waals surface area contributed by atoms with Crippen LogP contribution in [0.15, 0.2) is 0 Å². The van der Waals surface area contributed by atoms with Gasteiger partial charge in [-0.3, -0.25) is 4.68 Å². The van der Waals surface area contributed by atoms with Crippen LogP contribution in [0.25, 0.3) is 0 Å². The zero-order valence-electron chi connectivity index (χ0n) is 10.4. The molecule has 0 fully saturated rings. The SMILES string of the molecule is Cc1nn(C)c(CC(O)CCOCC(F)F)c1Cl. The second-order valence-electron chi connectivity index (χ2n) is 4.08. The molecule has 4 nitrogen and oxygen atoms in total. The monoisotopic (exact) mass is 282 g/mol. The van der Waals surface area contributed by atoms with E-state index >= 15 is 0 Å². The minimum absolute atomic E-state index is 0.0972. The van der Waals surface area contributed by atoms with Gasteiger partial charge in [0, 0.05) is 20.1 Å². The molecule has 0 aliphatic heterocycles. The van der Waals surface area contributed by atoms with Gasteiger partial charge in [-0.1, -0.05) is 11.6 Å². The first-order chi connectivity index (χ1) is 8.41. The van der Waals surface area contributed by atoms with E-state index in [4.69, 9.17) is 16.3 Å². The summed E-state index contributed by atoms with van der Waals surface area (Å²) in [6.45, 7) is 1.28. The molecular formula is C11H17ClF2N2O2. The van der Waals surface area contributed by atoms with E-state index in [1.54, 1.807) is 18.7 Å². The molecule has 0 aliphatic carbocycles. The van der Waals surface area contributed by atoms with Gasteiger partial charge in [0.05, 0.1) is 22.5 Å². The number of aliphatic hydroxyl groups excluding tert-OH is 1. The fraction of sp³-hybridized carbons (Fsp3) is 0.727. The van der Waals surface area contributed by atoms with Gasteiger partial charge in [-0.2, -0.15) is 5.10 Å². The standard InChI is InChI=1S/C11H17ClF2N2O2/c1-7-11(12)9(16(2)15-7)5-8(17)3-4-18-6-10(13)14/h8,10,17H,3-6H2,1-2H3. The van der Waals surface area contributed by atoms with Crippen LogP contribution in [0.2, 0.25) is 5.02 Å². The zero-order valence-corrected chi connectivity index (χ0v) is 11.1. The fourth-order valence-corrected chi connectivity index (χ4v) is 1.86. The topological polar surface area (TPSA) is 47.3 Å². The first-order valence-electron chi connectivity index (χ1n) is 5.63. The van der Waals surface area contributed by atoms with Gasteiger partial charge in [0.2, 0.25) is 0 Å². The van der Waals surface area contributed by atoms with Crippen LogP contribution in [0.1, 0.15) is 17.8 Å². The highest BCUT2D eigenvalue weighted by Crippen LogP contribution is 2.21. The smallest absolute Gasteiger partial charge is 0.261 e. The molecule has 0 saturated heterocycles.